The Labute approximate surface area is 182 Å². The van der Waals surface area contributed by atoms with Gasteiger partial charge in [0.2, 0.25) is 0 Å². The molecule has 2 aromatic carbocycles. The van der Waals surface area contributed by atoms with E-state index in [2.05, 4.69) is 44.8 Å². The van der Waals surface area contributed by atoms with Crippen LogP contribution in [-0.4, -0.2) is 34.3 Å². The van der Waals surface area contributed by atoms with Crippen LogP contribution in [0.2, 0.25) is 0 Å². The number of rotatable bonds is 5. The maximum absolute atomic E-state index is 12.1. The van der Waals surface area contributed by atoms with Crippen LogP contribution >= 0.6 is 15.9 Å². The van der Waals surface area contributed by atoms with Crippen LogP contribution < -0.4 is 4.74 Å². The molecule has 154 valence electrons. The first-order chi connectivity index (χ1) is 14.5. The van der Waals surface area contributed by atoms with Crippen molar-refractivity contribution < 1.29 is 14.3 Å². The number of halogens is 1. The second-order valence-electron chi connectivity index (χ2n) is 7.82. The highest BCUT2D eigenvalue weighted by atomic mass is 79.9. The molecule has 7 heteroatoms. The molecule has 2 heterocycles. The molecule has 4 aromatic rings. The topological polar surface area (TPSA) is 58.3 Å². The molecule has 1 aliphatic carbocycles. The highest BCUT2D eigenvalue weighted by Gasteiger charge is 2.26. The third kappa shape index (κ3) is 3.08. The molecule has 0 N–H and O–H groups in total. The average molecular weight is 468 g/mol. The van der Waals surface area contributed by atoms with E-state index in [0.717, 1.165) is 34.0 Å². The molecule has 1 aliphatic rings. The average Bonchev–Trinajstić information content (AvgIpc) is 3.42. The fourth-order valence-electron chi connectivity index (χ4n) is 4.11. The molecule has 1 saturated carbocycles. The van der Waals surface area contributed by atoms with E-state index < -0.39 is 5.97 Å². The van der Waals surface area contributed by atoms with Crippen molar-refractivity contribution in [3.05, 3.63) is 46.4 Å². The summed E-state index contributed by atoms with van der Waals surface area (Å²) in [6.45, 7) is 0.980. The molecular formula is C23H22BrN3O3. The van der Waals surface area contributed by atoms with Crippen LogP contribution in [0.1, 0.15) is 23.2 Å². The van der Waals surface area contributed by atoms with E-state index in [0.29, 0.717) is 16.8 Å². The Morgan fingerprint density at radius 3 is 2.70 bits per heavy atom. The van der Waals surface area contributed by atoms with Crippen LogP contribution in [0.4, 0.5) is 0 Å². The van der Waals surface area contributed by atoms with E-state index in [4.69, 9.17) is 14.5 Å². The van der Waals surface area contributed by atoms with Gasteiger partial charge >= 0.3 is 5.97 Å². The second kappa shape index (κ2) is 7.16. The van der Waals surface area contributed by atoms with Gasteiger partial charge in [-0.2, -0.15) is 0 Å². The number of hydrogen-bond acceptors (Lipinski definition) is 4. The number of aromatic nitrogens is 3. The number of hydrogen-bond donors (Lipinski definition) is 0. The minimum absolute atomic E-state index is 0.407. The highest BCUT2D eigenvalue weighted by molar-refractivity contribution is 9.10. The molecule has 0 saturated heterocycles. The summed E-state index contributed by atoms with van der Waals surface area (Å²) in [4.78, 5) is 17.0. The smallest absolute Gasteiger partial charge is 0.338 e. The Hall–Kier alpha value is -2.80. The molecule has 0 atom stereocenters. The van der Waals surface area contributed by atoms with Crippen molar-refractivity contribution in [2.75, 3.05) is 14.2 Å². The molecule has 5 rings (SSSR count). The zero-order valence-corrected chi connectivity index (χ0v) is 18.7. The number of carbonyl (C=O) groups excluding carboxylic acids is 1. The normalized spacial score (nSPS) is 13.9. The molecule has 0 amide bonds. The Kier molecular flexibility index (Phi) is 4.58. The molecule has 6 nitrogen and oxygen atoms in total. The van der Waals surface area contributed by atoms with E-state index in [1.807, 2.05) is 11.6 Å². The van der Waals surface area contributed by atoms with E-state index >= 15 is 0 Å². The fraction of sp³-hybridized carbons (Fsp3) is 0.304. The molecule has 1 fully saturated rings. The predicted molar refractivity (Wildman–Crippen MR) is 120 cm³/mol. The van der Waals surface area contributed by atoms with Gasteiger partial charge < -0.3 is 18.6 Å². The van der Waals surface area contributed by atoms with Crippen LogP contribution in [0.5, 0.6) is 5.75 Å². The van der Waals surface area contributed by atoms with Gasteiger partial charge in [0.1, 0.15) is 11.3 Å². The van der Waals surface area contributed by atoms with Crippen LogP contribution in [0.15, 0.2) is 40.9 Å². The van der Waals surface area contributed by atoms with Crippen molar-refractivity contribution in [2.24, 2.45) is 13.0 Å². The van der Waals surface area contributed by atoms with Crippen molar-refractivity contribution in [1.29, 1.82) is 0 Å². The highest BCUT2D eigenvalue weighted by Crippen LogP contribution is 2.38. The number of fused-ring (bicyclic) bond motifs is 2. The van der Waals surface area contributed by atoms with Crippen molar-refractivity contribution in [3.8, 4) is 17.3 Å². The minimum atomic E-state index is -0.407. The SMILES string of the molecule is COC(=O)c1cc(OC)c2c(c1)nc(-c1cc3cc(Br)ccc3n1CC1CC1)n2C. The van der Waals surface area contributed by atoms with Gasteiger partial charge in [-0.1, -0.05) is 15.9 Å². The van der Waals surface area contributed by atoms with E-state index in [1.54, 1.807) is 19.2 Å². The van der Waals surface area contributed by atoms with Gasteiger partial charge in [-0.3, -0.25) is 0 Å². The summed E-state index contributed by atoms with van der Waals surface area (Å²) in [5, 5.41) is 1.18. The monoisotopic (exact) mass is 467 g/mol. The Morgan fingerprint density at radius 1 is 1.20 bits per heavy atom. The van der Waals surface area contributed by atoms with Gasteiger partial charge in [-0.05, 0) is 55.2 Å². The van der Waals surface area contributed by atoms with Gasteiger partial charge in [0.05, 0.1) is 31.0 Å². The van der Waals surface area contributed by atoms with Crippen LogP contribution in [0, 0.1) is 5.92 Å². The number of benzene rings is 2. The Bertz CT molecular complexity index is 1300. The summed E-state index contributed by atoms with van der Waals surface area (Å²) in [6, 6.07) is 12.0. The lowest BCUT2D eigenvalue weighted by Gasteiger charge is -2.11. The van der Waals surface area contributed by atoms with E-state index in [-0.39, 0.29) is 0 Å². The second-order valence-corrected chi connectivity index (χ2v) is 8.73. The van der Waals surface area contributed by atoms with Gasteiger partial charge in [-0.25, -0.2) is 9.78 Å². The van der Waals surface area contributed by atoms with Gasteiger partial charge in [0.25, 0.3) is 0 Å². The van der Waals surface area contributed by atoms with E-state index in [9.17, 15) is 4.79 Å². The summed E-state index contributed by atoms with van der Waals surface area (Å²) in [5.41, 5.74) is 4.25. The summed E-state index contributed by atoms with van der Waals surface area (Å²) in [6.07, 6.45) is 2.54. The summed E-state index contributed by atoms with van der Waals surface area (Å²) >= 11 is 3.59. The first kappa shape index (κ1) is 19.2. The number of ether oxygens (including phenoxy) is 2. The Balaban J connectivity index is 1.75. The van der Waals surface area contributed by atoms with E-state index in [1.165, 1.54) is 30.9 Å². The lowest BCUT2D eigenvalue weighted by Crippen LogP contribution is -2.05. The molecular weight excluding hydrogens is 446 g/mol. The molecule has 0 bridgehead atoms. The third-order valence-electron chi connectivity index (χ3n) is 5.81. The number of nitrogens with zero attached hydrogens (tertiary/aromatic N) is 3. The zero-order chi connectivity index (χ0) is 21.0. The standard InChI is InChI=1S/C23H22BrN3O3/c1-26-21-17(9-15(23(28)30-3)11-20(21)29-2)25-22(26)19-10-14-8-16(24)6-7-18(14)27(19)12-13-4-5-13/h6-11,13H,4-5,12H2,1-3H3. The lowest BCUT2D eigenvalue weighted by molar-refractivity contribution is 0.0600. The maximum Gasteiger partial charge on any atom is 0.338 e. The summed E-state index contributed by atoms with van der Waals surface area (Å²) < 4.78 is 15.9. The van der Waals surface area contributed by atoms with Gasteiger partial charge in [-0.15, -0.1) is 0 Å². The number of methoxy groups -OCH3 is 2. The van der Waals surface area contributed by atoms with Gasteiger partial charge in [0, 0.05) is 29.0 Å². The summed E-state index contributed by atoms with van der Waals surface area (Å²) in [5.74, 6) is 1.76. The Morgan fingerprint density at radius 2 is 2.00 bits per heavy atom. The van der Waals surface area contributed by atoms with Crippen LogP contribution in [0.3, 0.4) is 0 Å². The minimum Gasteiger partial charge on any atom is -0.494 e. The van der Waals surface area contributed by atoms with Crippen molar-refractivity contribution in [1.82, 2.24) is 14.1 Å². The molecule has 2 aromatic heterocycles. The maximum atomic E-state index is 12.1. The van der Waals surface area contributed by atoms with Crippen molar-refractivity contribution >= 4 is 43.8 Å². The number of aryl methyl sites for hydroxylation is 1. The quantitative estimate of drug-likeness (QED) is 0.380. The largest absolute Gasteiger partial charge is 0.494 e. The molecule has 30 heavy (non-hydrogen) atoms. The molecule has 0 unspecified atom stereocenters. The van der Waals surface area contributed by atoms with Crippen molar-refractivity contribution in [2.45, 2.75) is 19.4 Å². The first-order valence-electron chi connectivity index (χ1n) is 9.92. The number of carbonyl (C=O) groups is 1. The third-order valence-corrected chi connectivity index (χ3v) is 6.30. The number of imidazole rings is 1. The zero-order valence-electron chi connectivity index (χ0n) is 17.1. The fourth-order valence-corrected chi connectivity index (χ4v) is 4.49. The molecule has 0 radical (unpaired) electrons. The van der Waals surface area contributed by atoms with Crippen molar-refractivity contribution in [3.63, 3.8) is 0 Å². The summed E-state index contributed by atoms with van der Waals surface area (Å²) in [7, 11) is 4.96. The van der Waals surface area contributed by atoms with Gasteiger partial charge in [0.15, 0.2) is 5.82 Å². The molecule has 0 spiro atoms. The van der Waals surface area contributed by atoms with Crippen LogP contribution in [0.25, 0.3) is 33.5 Å². The lowest BCUT2D eigenvalue weighted by atomic mass is 10.2. The predicted octanol–water partition coefficient (Wildman–Crippen LogP) is 5.16. The van der Waals surface area contributed by atoms with Crippen LogP contribution in [-0.2, 0) is 18.3 Å². The number of esters is 1. The molecule has 0 aliphatic heterocycles. The first-order valence-corrected chi connectivity index (χ1v) is 10.7.